The standard InChI is InChI=1S/C16H18N2O4/c1-21-10-4-5-12-14(7-10)17-9-13(15(12)19)16(20)18-8-11-3-2-6-22-11/h4-5,7,9,11H,2-3,6,8H2,1H3,(H,17,19)(H,18,20). The van der Waals surface area contributed by atoms with E-state index in [2.05, 4.69) is 10.3 Å². The van der Waals surface area contributed by atoms with Gasteiger partial charge in [0, 0.05) is 30.8 Å². The van der Waals surface area contributed by atoms with Gasteiger partial charge in [0.1, 0.15) is 11.3 Å². The van der Waals surface area contributed by atoms with Crippen molar-refractivity contribution < 1.29 is 14.3 Å². The molecule has 22 heavy (non-hydrogen) atoms. The summed E-state index contributed by atoms with van der Waals surface area (Å²) in [5.41, 5.74) is 0.455. The normalized spacial score (nSPS) is 17.6. The van der Waals surface area contributed by atoms with Crippen LogP contribution in [0.25, 0.3) is 10.9 Å². The predicted molar refractivity (Wildman–Crippen MR) is 82.4 cm³/mol. The fraction of sp³-hybridized carbons (Fsp3) is 0.375. The van der Waals surface area contributed by atoms with Crippen LogP contribution in [0.5, 0.6) is 5.75 Å². The Bertz CT molecular complexity index is 747. The van der Waals surface area contributed by atoms with Gasteiger partial charge in [-0.3, -0.25) is 9.59 Å². The Labute approximate surface area is 127 Å². The average Bonchev–Trinajstić information content (AvgIpc) is 3.06. The lowest BCUT2D eigenvalue weighted by Crippen LogP contribution is -2.34. The average molecular weight is 302 g/mol. The van der Waals surface area contributed by atoms with Crippen LogP contribution in [0.3, 0.4) is 0 Å². The number of benzene rings is 1. The van der Waals surface area contributed by atoms with Gasteiger partial charge in [-0.25, -0.2) is 0 Å². The first-order valence-corrected chi connectivity index (χ1v) is 7.28. The number of carbonyl (C=O) groups excluding carboxylic acids is 1. The molecule has 1 aromatic carbocycles. The highest BCUT2D eigenvalue weighted by atomic mass is 16.5. The Balaban J connectivity index is 1.82. The molecular formula is C16H18N2O4. The highest BCUT2D eigenvalue weighted by molar-refractivity contribution is 5.97. The van der Waals surface area contributed by atoms with E-state index < -0.39 is 0 Å². The topological polar surface area (TPSA) is 80.4 Å². The molecule has 6 heteroatoms. The zero-order chi connectivity index (χ0) is 15.5. The van der Waals surface area contributed by atoms with Gasteiger partial charge in [0.05, 0.1) is 18.7 Å². The smallest absolute Gasteiger partial charge is 0.256 e. The van der Waals surface area contributed by atoms with Gasteiger partial charge in [0.25, 0.3) is 5.91 Å². The fourth-order valence-electron chi connectivity index (χ4n) is 2.60. The van der Waals surface area contributed by atoms with Gasteiger partial charge in [0.15, 0.2) is 0 Å². The first-order valence-electron chi connectivity index (χ1n) is 7.28. The van der Waals surface area contributed by atoms with E-state index in [1.807, 2.05) is 0 Å². The Morgan fingerprint density at radius 2 is 2.36 bits per heavy atom. The van der Waals surface area contributed by atoms with Gasteiger partial charge < -0.3 is 19.8 Å². The molecule has 2 aromatic rings. The summed E-state index contributed by atoms with van der Waals surface area (Å²) in [6, 6.07) is 5.08. The number of rotatable bonds is 4. The fourth-order valence-corrected chi connectivity index (χ4v) is 2.60. The summed E-state index contributed by atoms with van der Waals surface area (Å²) in [5.74, 6) is 0.271. The minimum absolute atomic E-state index is 0.0488. The van der Waals surface area contributed by atoms with E-state index in [1.54, 1.807) is 25.3 Å². The van der Waals surface area contributed by atoms with Gasteiger partial charge in [-0.05, 0) is 25.0 Å². The highest BCUT2D eigenvalue weighted by Crippen LogP contribution is 2.16. The number of carbonyl (C=O) groups is 1. The molecule has 0 radical (unpaired) electrons. The van der Waals surface area contributed by atoms with E-state index in [0.717, 1.165) is 19.4 Å². The molecule has 116 valence electrons. The first-order chi connectivity index (χ1) is 10.7. The van der Waals surface area contributed by atoms with E-state index in [1.165, 1.54) is 6.20 Å². The van der Waals surface area contributed by atoms with Gasteiger partial charge in [-0.15, -0.1) is 0 Å². The quantitative estimate of drug-likeness (QED) is 0.895. The van der Waals surface area contributed by atoms with Crippen molar-refractivity contribution in [1.29, 1.82) is 0 Å². The molecule has 0 aliphatic carbocycles. The maximum Gasteiger partial charge on any atom is 0.256 e. The van der Waals surface area contributed by atoms with Crippen LogP contribution in [-0.2, 0) is 4.74 Å². The molecule has 1 saturated heterocycles. The van der Waals surface area contributed by atoms with Crippen molar-refractivity contribution >= 4 is 16.8 Å². The van der Waals surface area contributed by atoms with Crippen LogP contribution in [0.2, 0.25) is 0 Å². The number of pyridine rings is 1. The molecule has 1 aliphatic heterocycles. The maximum absolute atomic E-state index is 12.4. The molecule has 3 rings (SSSR count). The number of methoxy groups -OCH3 is 1. The molecule has 0 saturated carbocycles. The second-order valence-electron chi connectivity index (χ2n) is 5.29. The van der Waals surface area contributed by atoms with Crippen molar-refractivity contribution in [3.8, 4) is 5.75 Å². The molecule has 1 unspecified atom stereocenters. The van der Waals surface area contributed by atoms with Crippen LogP contribution < -0.4 is 15.5 Å². The molecular weight excluding hydrogens is 284 g/mol. The minimum atomic E-state index is -0.380. The van der Waals surface area contributed by atoms with Crippen LogP contribution in [-0.4, -0.2) is 37.3 Å². The number of hydrogen-bond donors (Lipinski definition) is 2. The second-order valence-corrected chi connectivity index (χ2v) is 5.29. The molecule has 0 spiro atoms. The van der Waals surface area contributed by atoms with Crippen LogP contribution in [0.1, 0.15) is 23.2 Å². The van der Waals surface area contributed by atoms with E-state index in [0.29, 0.717) is 23.2 Å². The Morgan fingerprint density at radius 1 is 1.50 bits per heavy atom. The summed E-state index contributed by atoms with van der Waals surface area (Å²) >= 11 is 0. The predicted octanol–water partition coefficient (Wildman–Crippen LogP) is 1.45. The molecule has 1 aliphatic rings. The van der Waals surface area contributed by atoms with Crippen LogP contribution in [0, 0.1) is 0 Å². The lowest BCUT2D eigenvalue weighted by Gasteiger charge is -2.11. The van der Waals surface area contributed by atoms with Gasteiger partial charge in [-0.2, -0.15) is 0 Å². The van der Waals surface area contributed by atoms with Crippen molar-refractivity contribution in [3.05, 3.63) is 40.2 Å². The first kappa shape index (κ1) is 14.6. The van der Waals surface area contributed by atoms with E-state index in [9.17, 15) is 9.59 Å². The van der Waals surface area contributed by atoms with Crippen LogP contribution >= 0.6 is 0 Å². The zero-order valence-electron chi connectivity index (χ0n) is 12.3. The summed E-state index contributed by atoms with van der Waals surface area (Å²) in [6.07, 6.45) is 3.44. The number of hydrogen-bond acceptors (Lipinski definition) is 4. The maximum atomic E-state index is 12.4. The van der Waals surface area contributed by atoms with Gasteiger partial charge in [0.2, 0.25) is 5.43 Å². The number of nitrogens with one attached hydrogen (secondary N) is 2. The van der Waals surface area contributed by atoms with Crippen molar-refractivity contribution in [1.82, 2.24) is 10.3 Å². The molecule has 0 bridgehead atoms. The second kappa shape index (κ2) is 6.19. The van der Waals surface area contributed by atoms with Crippen LogP contribution in [0.15, 0.2) is 29.2 Å². The summed E-state index contributed by atoms with van der Waals surface area (Å²) in [7, 11) is 1.56. The summed E-state index contributed by atoms with van der Waals surface area (Å²) < 4.78 is 10.6. The van der Waals surface area contributed by atoms with Crippen molar-refractivity contribution in [2.75, 3.05) is 20.3 Å². The SMILES string of the molecule is COc1ccc2c(=O)c(C(=O)NCC3CCCO3)c[nH]c2c1. The molecule has 1 fully saturated rings. The van der Waals surface area contributed by atoms with Gasteiger partial charge >= 0.3 is 0 Å². The molecule has 6 nitrogen and oxygen atoms in total. The third kappa shape index (κ3) is 2.82. The third-order valence-electron chi connectivity index (χ3n) is 3.85. The molecule has 1 atom stereocenters. The summed E-state index contributed by atoms with van der Waals surface area (Å²) in [4.78, 5) is 27.6. The van der Waals surface area contributed by atoms with E-state index >= 15 is 0 Å². The van der Waals surface area contributed by atoms with E-state index in [4.69, 9.17) is 9.47 Å². The Hall–Kier alpha value is -2.34. The number of aromatic nitrogens is 1. The van der Waals surface area contributed by atoms with Crippen molar-refractivity contribution in [2.24, 2.45) is 0 Å². The zero-order valence-corrected chi connectivity index (χ0v) is 12.3. The third-order valence-corrected chi connectivity index (χ3v) is 3.85. The summed E-state index contributed by atoms with van der Waals surface area (Å²) in [6.45, 7) is 1.16. The number of H-pyrrole nitrogens is 1. The van der Waals surface area contributed by atoms with E-state index in [-0.39, 0.29) is 23.0 Å². The Morgan fingerprint density at radius 3 is 3.09 bits per heavy atom. The number of fused-ring (bicyclic) bond motifs is 1. The molecule has 2 N–H and O–H groups in total. The Kier molecular flexibility index (Phi) is 4.11. The van der Waals surface area contributed by atoms with Crippen LogP contribution in [0.4, 0.5) is 0 Å². The number of amides is 1. The lowest BCUT2D eigenvalue weighted by atomic mass is 10.1. The monoisotopic (exact) mass is 302 g/mol. The molecule has 1 amide bonds. The number of aromatic amines is 1. The summed E-state index contributed by atoms with van der Waals surface area (Å²) in [5, 5.41) is 3.22. The highest BCUT2D eigenvalue weighted by Gasteiger charge is 2.18. The molecule has 2 heterocycles. The number of ether oxygens (including phenoxy) is 2. The van der Waals surface area contributed by atoms with Gasteiger partial charge in [-0.1, -0.05) is 0 Å². The minimum Gasteiger partial charge on any atom is -0.497 e. The van der Waals surface area contributed by atoms with Crippen molar-refractivity contribution in [3.63, 3.8) is 0 Å². The van der Waals surface area contributed by atoms with Crippen molar-refractivity contribution in [2.45, 2.75) is 18.9 Å². The lowest BCUT2D eigenvalue weighted by molar-refractivity contribution is 0.0857. The molecule has 1 aromatic heterocycles. The largest absolute Gasteiger partial charge is 0.497 e.